The third-order valence-electron chi connectivity index (χ3n) is 4.30. The highest BCUT2D eigenvalue weighted by Gasteiger charge is 2.14. The Hall–Kier alpha value is -3.34. The smallest absolute Gasteiger partial charge is 0.253 e. The zero-order chi connectivity index (χ0) is 19.2. The van der Waals surface area contributed by atoms with Gasteiger partial charge in [0.15, 0.2) is 0 Å². The minimum absolute atomic E-state index is 0.157. The Labute approximate surface area is 158 Å². The van der Waals surface area contributed by atoms with Crippen LogP contribution in [0.25, 0.3) is 0 Å². The molecule has 5 nitrogen and oxygen atoms in total. The molecule has 5 heteroatoms. The Morgan fingerprint density at radius 3 is 2.59 bits per heavy atom. The molecule has 0 aliphatic carbocycles. The van der Waals surface area contributed by atoms with Crippen molar-refractivity contribution in [1.29, 1.82) is 0 Å². The predicted molar refractivity (Wildman–Crippen MR) is 105 cm³/mol. The summed E-state index contributed by atoms with van der Waals surface area (Å²) in [6.45, 7) is 4.27. The van der Waals surface area contributed by atoms with Crippen LogP contribution in [0.2, 0.25) is 0 Å². The van der Waals surface area contributed by atoms with Crippen molar-refractivity contribution in [3.8, 4) is 0 Å². The van der Waals surface area contributed by atoms with Crippen LogP contribution < -0.4 is 10.6 Å². The molecule has 0 saturated carbocycles. The molecule has 0 saturated heterocycles. The molecule has 0 fully saturated rings. The highest BCUT2D eigenvalue weighted by molar-refractivity contribution is 6.04. The Morgan fingerprint density at radius 1 is 1.00 bits per heavy atom. The zero-order valence-corrected chi connectivity index (χ0v) is 15.4. The van der Waals surface area contributed by atoms with Gasteiger partial charge >= 0.3 is 0 Å². The van der Waals surface area contributed by atoms with E-state index in [0.717, 1.165) is 16.7 Å². The summed E-state index contributed by atoms with van der Waals surface area (Å²) in [5, 5.41) is 5.65. The van der Waals surface area contributed by atoms with Crippen molar-refractivity contribution in [3.05, 3.63) is 88.9 Å². The van der Waals surface area contributed by atoms with Gasteiger partial charge in [0.05, 0.1) is 30.5 Å². The fourth-order valence-corrected chi connectivity index (χ4v) is 2.82. The highest BCUT2D eigenvalue weighted by atomic mass is 16.3. The van der Waals surface area contributed by atoms with E-state index in [1.54, 1.807) is 42.7 Å². The Kier molecular flexibility index (Phi) is 5.71. The van der Waals surface area contributed by atoms with E-state index in [-0.39, 0.29) is 24.8 Å². The fourth-order valence-electron chi connectivity index (χ4n) is 2.82. The van der Waals surface area contributed by atoms with Crippen molar-refractivity contribution in [3.63, 3.8) is 0 Å². The summed E-state index contributed by atoms with van der Waals surface area (Å²) in [6.07, 6.45) is 1.82. The van der Waals surface area contributed by atoms with Crippen LogP contribution in [0.1, 0.15) is 32.8 Å². The lowest BCUT2D eigenvalue weighted by Gasteiger charge is -2.12. The molecule has 0 atom stereocenters. The summed E-state index contributed by atoms with van der Waals surface area (Å²) < 4.78 is 5.22. The number of benzene rings is 2. The maximum atomic E-state index is 12.5. The number of amides is 2. The Morgan fingerprint density at radius 2 is 1.81 bits per heavy atom. The van der Waals surface area contributed by atoms with Gasteiger partial charge < -0.3 is 15.1 Å². The third-order valence-corrected chi connectivity index (χ3v) is 4.30. The van der Waals surface area contributed by atoms with Gasteiger partial charge in [-0.1, -0.05) is 35.9 Å². The van der Waals surface area contributed by atoms with Crippen LogP contribution >= 0.6 is 0 Å². The average Bonchev–Trinajstić information content (AvgIpc) is 3.17. The van der Waals surface area contributed by atoms with Crippen LogP contribution in [0.5, 0.6) is 0 Å². The molecule has 1 heterocycles. The van der Waals surface area contributed by atoms with Crippen LogP contribution in [0.3, 0.4) is 0 Å². The Balaban J connectivity index is 1.68. The first-order valence-corrected chi connectivity index (χ1v) is 8.78. The zero-order valence-electron chi connectivity index (χ0n) is 15.4. The first-order chi connectivity index (χ1) is 13.0. The quantitative estimate of drug-likeness (QED) is 0.696. The number of rotatable bonds is 6. The summed E-state index contributed by atoms with van der Waals surface area (Å²) in [7, 11) is 0. The fraction of sp³-hybridized carbons (Fsp3) is 0.182. The predicted octanol–water partition coefficient (Wildman–Crippen LogP) is 4.01. The van der Waals surface area contributed by atoms with Gasteiger partial charge in [0.1, 0.15) is 5.76 Å². The van der Waals surface area contributed by atoms with Gasteiger partial charge in [-0.25, -0.2) is 0 Å². The van der Waals surface area contributed by atoms with Gasteiger partial charge in [-0.3, -0.25) is 9.59 Å². The largest absolute Gasteiger partial charge is 0.467 e. The van der Waals surface area contributed by atoms with Crippen molar-refractivity contribution in [1.82, 2.24) is 5.32 Å². The molecule has 1 aromatic heterocycles. The summed E-state index contributed by atoms with van der Waals surface area (Å²) in [4.78, 5) is 25.0. The van der Waals surface area contributed by atoms with Crippen molar-refractivity contribution in [2.45, 2.75) is 26.8 Å². The lowest BCUT2D eigenvalue weighted by molar-refractivity contribution is -0.115. The van der Waals surface area contributed by atoms with E-state index in [1.165, 1.54) is 0 Å². The summed E-state index contributed by atoms with van der Waals surface area (Å²) >= 11 is 0. The van der Waals surface area contributed by atoms with Gasteiger partial charge in [0, 0.05) is 0 Å². The van der Waals surface area contributed by atoms with Gasteiger partial charge in [-0.2, -0.15) is 0 Å². The van der Waals surface area contributed by atoms with E-state index >= 15 is 0 Å². The van der Waals surface area contributed by atoms with Crippen molar-refractivity contribution in [2.75, 3.05) is 5.32 Å². The summed E-state index contributed by atoms with van der Waals surface area (Å²) in [6, 6.07) is 16.6. The molecule has 0 spiro atoms. The summed E-state index contributed by atoms with van der Waals surface area (Å²) in [5.41, 5.74) is 4.07. The van der Waals surface area contributed by atoms with Crippen molar-refractivity contribution in [2.24, 2.45) is 0 Å². The van der Waals surface area contributed by atoms with E-state index in [9.17, 15) is 9.59 Å². The maximum absolute atomic E-state index is 12.5. The topological polar surface area (TPSA) is 71.3 Å². The molecule has 2 aromatic carbocycles. The van der Waals surface area contributed by atoms with Crippen LogP contribution in [-0.2, 0) is 17.8 Å². The molecular weight excluding hydrogens is 340 g/mol. The van der Waals surface area contributed by atoms with Gasteiger partial charge in [0.25, 0.3) is 5.91 Å². The first-order valence-electron chi connectivity index (χ1n) is 8.78. The van der Waals surface area contributed by atoms with E-state index in [0.29, 0.717) is 17.0 Å². The molecule has 3 rings (SSSR count). The molecule has 27 heavy (non-hydrogen) atoms. The van der Waals surface area contributed by atoms with E-state index < -0.39 is 0 Å². The van der Waals surface area contributed by atoms with Gasteiger partial charge in [0.2, 0.25) is 5.91 Å². The highest BCUT2D eigenvalue weighted by Crippen LogP contribution is 2.17. The van der Waals surface area contributed by atoms with Crippen LogP contribution in [0.4, 0.5) is 5.69 Å². The lowest BCUT2D eigenvalue weighted by Crippen LogP contribution is -2.25. The molecule has 2 amide bonds. The molecule has 0 bridgehead atoms. The molecule has 2 N–H and O–H groups in total. The monoisotopic (exact) mass is 362 g/mol. The van der Waals surface area contributed by atoms with Gasteiger partial charge in [-0.15, -0.1) is 0 Å². The van der Waals surface area contributed by atoms with Crippen LogP contribution in [0.15, 0.2) is 65.3 Å². The number of aryl methyl sites for hydroxylation is 2. The number of carbonyl (C=O) groups is 2. The van der Waals surface area contributed by atoms with Crippen LogP contribution in [-0.4, -0.2) is 11.8 Å². The SMILES string of the molecule is Cc1ccc(C)c(CC(=O)Nc2ccccc2C(=O)NCc2ccco2)c1. The number of carbonyl (C=O) groups excluding carboxylic acids is 2. The molecule has 0 aliphatic heterocycles. The normalized spacial score (nSPS) is 10.4. The first kappa shape index (κ1) is 18.5. The minimum Gasteiger partial charge on any atom is -0.467 e. The van der Waals surface area contributed by atoms with Crippen LogP contribution in [0, 0.1) is 13.8 Å². The average molecular weight is 362 g/mol. The number of hydrogen-bond acceptors (Lipinski definition) is 3. The third kappa shape index (κ3) is 4.85. The van der Waals surface area contributed by atoms with E-state index in [4.69, 9.17) is 4.42 Å². The molecule has 0 radical (unpaired) electrons. The second kappa shape index (κ2) is 8.36. The standard InChI is InChI=1S/C22H22N2O3/c1-15-9-10-16(2)17(12-15)13-21(25)24-20-8-4-3-7-19(20)22(26)23-14-18-6-5-11-27-18/h3-12H,13-14H2,1-2H3,(H,23,26)(H,24,25). The van der Waals surface area contributed by atoms with E-state index in [2.05, 4.69) is 10.6 Å². The second-order valence-corrected chi connectivity index (χ2v) is 6.46. The minimum atomic E-state index is -0.269. The number of anilines is 1. The lowest BCUT2D eigenvalue weighted by atomic mass is 10.0. The maximum Gasteiger partial charge on any atom is 0.253 e. The molecule has 0 unspecified atom stereocenters. The second-order valence-electron chi connectivity index (χ2n) is 6.46. The number of hydrogen-bond donors (Lipinski definition) is 2. The number of furan rings is 1. The van der Waals surface area contributed by atoms with E-state index in [1.807, 2.05) is 32.0 Å². The number of nitrogens with one attached hydrogen (secondary N) is 2. The Bertz CT molecular complexity index is 946. The summed E-state index contributed by atoms with van der Waals surface area (Å²) in [5.74, 6) is 0.240. The van der Waals surface area contributed by atoms with Crippen molar-refractivity contribution >= 4 is 17.5 Å². The number of para-hydroxylation sites is 1. The van der Waals surface area contributed by atoms with Gasteiger partial charge in [-0.05, 0) is 49.2 Å². The molecular formula is C22H22N2O3. The molecule has 0 aliphatic rings. The molecule has 3 aromatic rings. The van der Waals surface area contributed by atoms with Crippen molar-refractivity contribution < 1.29 is 14.0 Å². The molecule has 138 valence electrons.